The smallest absolute Gasteiger partial charge is 0.410 e. The maximum absolute atomic E-state index is 12.2. The highest BCUT2D eigenvalue weighted by atomic mass is 35.5. The first-order valence-electron chi connectivity index (χ1n) is 14.3. The van der Waals surface area contributed by atoms with Gasteiger partial charge in [0.25, 0.3) is 0 Å². The van der Waals surface area contributed by atoms with Crippen molar-refractivity contribution < 1.29 is 19.1 Å². The van der Waals surface area contributed by atoms with Crippen molar-refractivity contribution in [3.8, 4) is 0 Å². The summed E-state index contributed by atoms with van der Waals surface area (Å²) in [7, 11) is 0. The second-order valence-corrected chi connectivity index (χ2v) is 13.5. The fourth-order valence-corrected chi connectivity index (χ4v) is 4.53. The first-order valence-corrected chi connectivity index (χ1v) is 15.5. The normalized spacial score (nSPS) is 18.9. The first kappa shape index (κ1) is 36.6. The molecule has 0 aromatic carbocycles. The summed E-state index contributed by atoms with van der Waals surface area (Å²) in [4.78, 5) is 29.6. The van der Waals surface area contributed by atoms with Gasteiger partial charge in [-0.2, -0.15) is 0 Å². The van der Waals surface area contributed by atoms with Crippen molar-refractivity contribution in [2.45, 2.75) is 97.9 Å². The molecule has 0 saturated carbocycles. The number of carbonyl (C=O) groups excluding carboxylic acids is 2. The van der Waals surface area contributed by atoms with Crippen LogP contribution in [-0.2, 0) is 9.47 Å². The summed E-state index contributed by atoms with van der Waals surface area (Å²) in [5.41, 5.74) is -0.857. The summed E-state index contributed by atoms with van der Waals surface area (Å²) in [5, 5.41) is 15.9. The number of piperazine rings is 1. The minimum Gasteiger partial charge on any atom is -0.444 e. The van der Waals surface area contributed by atoms with Gasteiger partial charge in [-0.05, 0) is 98.9 Å². The van der Waals surface area contributed by atoms with E-state index in [2.05, 4.69) is 32.2 Å². The van der Waals surface area contributed by atoms with Crippen LogP contribution in [0.2, 0.25) is 15.5 Å². The van der Waals surface area contributed by atoms with Gasteiger partial charge in [-0.3, -0.25) is 0 Å². The lowest BCUT2D eigenvalue weighted by Gasteiger charge is -2.40. The van der Waals surface area contributed by atoms with Gasteiger partial charge in [-0.1, -0.05) is 34.8 Å². The number of hydrogen-bond acceptors (Lipinski definition) is 9. The average Bonchev–Trinajstić information content (AvgIpc) is 2.90. The van der Waals surface area contributed by atoms with Crippen molar-refractivity contribution in [1.82, 2.24) is 30.2 Å². The Morgan fingerprint density at radius 1 is 0.698 bits per heavy atom. The number of nitrogens with zero attached hydrogens (tertiary/aromatic N) is 7. The van der Waals surface area contributed by atoms with Gasteiger partial charge in [-0.25, -0.2) is 9.59 Å². The van der Waals surface area contributed by atoms with Gasteiger partial charge in [-0.15, -0.1) is 20.4 Å². The van der Waals surface area contributed by atoms with E-state index in [9.17, 15) is 9.59 Å². The molecule has 0 aliphatic carbocycles. The molecular formula is C29H44Cl3N7O4. The van der Waals surface area contributed by atoms with Gasteiger partial charge >= 0.3 is 12.2 Å². The van der Waals surface area contributed by atoms with E-state index in [0.717, 1.165) is 25.2 Å². The van der Waals surface area contributed by atoms with E-state index in [1.165, 1.54) is 6.42 Å². The summed E-state index contributed by atoms with van der Waals surface area (Å²) < 4.78 is 10.8. The van der Waals surface area contributed by atoms with Crippen LogP contribution in [0, 0.1) is 0 Å². The summed E-state index contributed by atoms with van der Waals surface area (Å²) >= 11 is 16.5. The molecule has 0 N–H and O–H groups in total. The Kier molecular flexibility index (Phi) is 14.0. The van der Waals surface area contributed by atoms with Gasteiger partial charge < -0.3 is 24.2 Å². The van der Waals surface area contributed by atoms with E-state index in [1.54, 1.807) is 23.1 Å². The molecule has 2 atom stereocenters. The summed E-state index contributed by atoms with van der Waals surface area (Å²) in [6, 6.07) is 7.10. The molecule has 11 nitrogen and oxygen atoms in total. The van der Waals surface area contributed by atoms with E-state index >= 15 is 0 Å². The summed E-state index contributed by atoms with van der Waals surface area (Å²) in [6.45, 7) is 18.2. The Labute approximate surface area is 270 Å². The topological polar surface area (TPSA) is 114 Å². The largest absolute Gasteiger partial charge is 0.444 e. The number of piperidine rings is 1. The van der Waals surface area contributed by atoms with Crippen LogP contribution in [0.5, 0.6) is 0 Å². The van der Waals surface area contributed by atoms with Crippen molar-refractivity contribution in [3.05, 3.63) is 39.7 Å². The summed E-state index contributed by atoms with van der Waals surface area (Å²) in [5.74, 6) is 0.773. The first-order chi connectivity index (χ1) is 19.9. The minimum atomic E-state index is -0.477. The third-order valence-corrected chi connectivity index (χ3v) is 6.83. The number of likely N-dealkylation sites (tertiary alicyclic amines) is 1. The number of ether oxygens (including phenoxy) is 2. The Morgan fingerprint density at radius 2 is 1.16 bits per heavy atom. The predicted octanol–water partition coefficient (Wildman–Crippen LogP) is 7.15. The van der Waals surface area contributed by atoms with E-state index in [0.29, 0.717) is 41.1 Å². The lowest BCUT2D eigenvalue weighted by Crippen LogP contribution is -2.55. The van der Waals surface area contributed by atoms with E-state index < -0.39 is 5.60 Å². The van der Waals surface area contributed by atoms with Crippen molar-refractivity contribution in [2.75, 3.05) is 31.1 Å². The molecule has 0 radical (unpaired) electrons. The van der Waals surface area contributed by atoms with Gasteiger partial charge in [0.05, 0.1) is 0 Å². The Morgan fingerprint density at radius 3 is 1.56 bits per heavy atom. The van der Waals surface area contributed by atoms with Crippen LogP contribution < -0.4 is 4.90 Å². The number of halogens is 3. The number of anilines is 1. The molecule has 2 fully saturated rings. The molecule has 14 heteroatoms. The zero-order valence-corrected chi connectivity index (χ0v) is 28.6. The molecule has 4 heterocycles. The number of carbonyl (C=O) groups is 2. The minimum absolute atomic E-state index is 0.0473. The van der Waals surface area contributed by atoms with Crippen LogP contribution in [0.15, 0.2) is 24.3 Å². The highest BCUT2D eigenvalue weighted by molar-refractivity contribution is 6.31. The highest BCUT2D eigenvalue weighted by Gasteiger charge is 2.31. The van der Waals surface area contributed by atoms with Crippen LogP contribution in [0.4, 0.5) is 15.4 Å². The van der Waals surface area contributed by atoms with Gasteiger partial charge in [0, 0.05) is 38.3 Å². The second kappa shape index (κ2) is 16.4. The van der Waals surface area contributed by atoms with Crippen molar-refractivity contribution in [2.24, 2.45) is 0 Å². The molecule has 2 aliphatic rings. The van der Waals surface area contributed by atoms with E-state index in [4.69, 9.17) is 44.3 Å². The standard InChI is InChI=1S/C14H21ClN4O2.C11H21NO2.C4H2Cl2N2/c1-10-9-18(12-6-5-11(15)16-17-12)7-8-19(10)13(20)21-14(2,3)4;1-9-7-5-6-8-12(9)10(13)14-11(2,3)4;5-3-1-2-4(6)8-7-3/h5-6,10H,7-9H2,1-4H3;9H,5-8H2,1-4H3;1-2H/t10-;9-;/m11./s1. The molecule has 2 aromatic rings. The van der Waals surface area contributed by atoms with Crippen LogP contribution in [0.3, 0.4) is 0 Å². The second-order valence-electron chi connectivity index (χ2n) is 12.4. The molecule has 0 unspecified atom stereocenters. The fourth-order valence-electron chi connectivity index (χ4n) is 4.22. The molecule has 0 spiro atoms. The third kappa shape index (κ3) is 13.7. The molecule has 240 valence electrons. The molecule has 2 amide bonds. The number of rotatable bonds is 1. The zero-order chi connectivity index (χ0) is 32.4. The zero-order valence-electron chi connectivity index (χ0n) is 26.3. The summed E-state index contributed by atoms with van der Waals surface area (Å²) in [6.07, 6.45) is 2.99. The van der Waals surface area contributed by atoms with Crippen LogP contribution in [0.25, 0.3) is 0 Å². The SMILES string of the molecule is C[C@@H]1CCCCN1C(=O)OC(C)(C)C.C[C@@H]1CN(c2ccc(Cl)nn2)CCN1C(=O)OC(C)(C)C.Clc1ccc(Cl)nn1. The quantitative estimate of drug-likeness (QED) is 0.314. The van der Waals surface area contributed by atoms with Crippen LogP contribution in [0.1, 0.15) is 74.7 Å². The van der Waals surface area contributed by atoms with E-state index in [-0.39, 0.29) is 23.8 Å². The Hall–Kier alpha value is -2.63. The number of hydrogen-bond donors (Lipinski definition) is 0. The highest BCUT2D eigenvalue weighted by Crippen LogP contribution is 2.21. The Balaban J connectivity index is 0.000000251. The predicted molar refractivity (Wildman–Crippen MR) is 170 cm³/mol. The number of amides is 2. The van der Waals surface area contributed by atoms with E-state index in [1.807, 2.05) is 59.4 Å². The van der Waals surface area contributed by atoms with Gasteiger partial charge in [0.15, 0.2) is 21.3 Å². The van der Waals surface area contributed by atoms with Crippen LogP contribution in [-0.4, -0.2) is 91.8 Å². The molecule has 2 saturated heterocycles. The van der Waals surface area contributed by atoms with Crippen LogP contribution >= 0.6 is 34.8 Å². The maximum Gasteiger partial charge on any atom is 0.410 e. The molecule has 43 heavy (non-hydrogen) atoms. The molecule has 2 aromatic heterocycles. The van der Waals surface area contributed by atoms with Crippen molar-refractivity contribution in [1.29, 1.82) is 0 Å². The third-order valence-electron chi connectivity index (χ3n) is 6.23. The van der Waals surface area contributed by atoms with Gasteiger partial charge in [0.1, 0.15) is 11.2 Å². The maximum atomic E-state index is 12.2. The van der Waals surface area contributed by atoms with Crippen molar-refractivity contribution >= 4 is 52.8 Å². The average molecular weight is 661 g/mol. The monoisotopic (exact) mass is 659 g/mol. The van der Waals surface area contributed by atoms with Gasteiger partial charge in [0.2, 0.25) is 0 Å². The molecular weight excluding hydrogens is 617 g/mol. The fraction of sp³-hybridized carbons (Fsp3) is 0.655. The molecule has 0 bridgehead atoms. The van der Waals surface area contributed by atoms with Crippen molar-refractivity contribution in [3.63, 3.8) is 0 Å². The Bertz CT molecular complexity index is 1140. The molecule has 4 rings (SSSR count). The number of aromatic nitrogens is 4. The lowest BCUT2D eigenvalue weighted by atomic mass is 10.0. The lowest BCUT2D eigenvalue weighted by molar-refractivity contribution is 0.0118. The molecule has 2 aliphatic heterocycles.